The van der Waals surface area contributed by atoms with Gasteiger partial charge in [0, 0.05) is 17.3 Å². The maximum Gasteiger partial charge on any atom is 0.118 e. The summed E-state index contributed by atoms with van der Waals surface area (Å²) in [6, 6.07) is 11.4. The Labute approximate surface area is 134 Å². The van der Waals surface area contributed by atoms with Crippen molar-refractivity contribution in [3.8, 4) is 5.75 Å². The maximum atomic E-state index is 5.23. The second kappa shape index (κ2) is 6.42. The largest absolute Gasteiger partial charge is 0.497 e. The second-order valence-electron chi connectivity index (χ2n) is 5.54. The molecule has 1 N–H and O–H groups in total. The Morgan fingerprint density at radius 3 is 2.71 bits per heavy atom. The van der Waals surface area contributed by atoms with Crippen LogP contribution in [0, 0.1) is 0 Å². The lowest BCUT2D eigenvalue weighted by molar-refractivity contribution is 0.413. The van der Waals surface area contributed by atoms with E-state index in [1.807, 2.05) is 35.2 Å². The first kappa shape index (κ1) is 14.9. The van der Waals surface area contributed by atoms with E-state index in [1.54, 1.807) is 7.11 Å². The number of hydrogen-bond acceptors (Lipinski definition) is 4. The molecule has 0 bridgehead atoms. The normalized spacial score (nSPS) is 22.6. The van der Waals surface area contributed by atoms with Crippen molar-refractivity contribution in [2.45, 2.75) is 41.8 Å². The fourth-order valence-electron chi connectivity index (χ4n) is 2.80. The molecule has 2 nitrogen and oxygen atoms in total. The monoisotopic (exact) mass is 319 g/mol. The molecule has 1 aromatic heterocycles. The molecule has 0 fully saturated rings. The van der Waals surface area contributed by atoms with Crippen molar-refractivity contribution in [3.05, 3.63) is 46.8 Å². The van der Waals surface area contributed by atoms with E-state index in [2.05, 4.69) is 42.7 Å². The molecule has 4 heteroatoms. The third kappa shape index (κ3) is 3.28. The topological polar surface area (TPSA) is 21.3 Å². The van der Waals surface area contributed by atoms with Gasteiger partial charge in [0.05, 0.1) is 11.3 Å². The summed E-state index contributed by atoms with van der Waals surface area (Å²) in [5.74, 6) is 0.911. The van der Waals surface area contributed by atoms with Crippen LogP contribution in [0.2, 0.25) is 0 Å². The van der Waals surface area contributed by atoms with Crippen molar-refractivity contribution in [1.29, 1.82) is 0 Å². The van der Waals surface area contributed by atoms with E-state index in [4.69, 9.17) is 4.74 Å². The number of rotatable bonds is 4. The van der Waals surface area contributed by atoms with Crippen molar-refractivity contribution in [2.24, 2.45) is 0 Å². The Bertz CT molecular complexity index is 593. The van der Waals surface area contributed by atoms with Gasteiger partial charge in [0.15, 0.2) is 0 Å². The van der Waals surface area contributed by atoms with E-state index in [0.29, 0.717) is 17.3 Å². The van der Waals surface area contributed by atoms with Gasteiger partial charge in [-0.2, -0.15) is 0 Å². The molecule has 0 radical (unpaired) electrons. The van der Waals surface area contributed by atoms with Gasteiger partial charge in [0.1, 0.15) is 5.75 Å². The van der Waals surface area contributed by atoms with E-state index in [0.717, 1.165) is 5.75 Å². The zero-order valence-corrected chi connectivity index (χ0v) is 14.3. The van der Waals surface area contributed by atoms with Crippen LogP contribution in [0.4, 0.5) is 0 Å². The third-order valence-corrected chi connectivity index (χ3v) is 6.32. The zero-order chi connectivity index (χ0) is 14.8. The molecule has 0 saturated heterocycles. The molecule has 2 aromatic rings. The SMILES string of the molecule is COc1ccc([C@@H](C)NC2C[C@H](C)Sc3sccc32)cc1. The Hall–Kier alpha value is -0.970. The van der Waals surface area contributed by atoms with Gasteiger partial charge in [-0.05, 0) is 48.1 Å². The van der Waals surface area contributed by atoms with Crippen molar-refractivity contribution in [3.63, 3.8) is 0 Å². The van der Waals surface area contributed by atoms with Crippen LogP contribution in [-0.2, 0) is 0 Å². The van der Waals surface area contributed by atoms with Crippen LogP contribution in [0.3, 0.4) is 0 Å². The van der Waals surface area contributed by atoms with Gasteiger partial charge in [0.2, 0.25) is 0 Å². The first-order valence-electron chi connectivity index (χ1n) is 7.31. The molecular weight excluding hydrogens is 298 g/mol. The highest BCUT2D eigenvalue weighted by molar-refractivity contribution is 8.01. The minimum atomic E-state index is 0.337. The molecule has 0 saturated carbocycles. The highest BCUT2D eigenvalue weighted by atomic mass is 32.2. The van der Waals surface area contributed by atoms with Crippen LogP contribution in [0.25, 0.3) is 0 Å². The predicted molar refractivity (Wildman–Crippen MR) is 91.5 cm³/mol. The molecule has 1 unspecified atom stereocenters. The Kier molecular flexibility index (Phi) is 4.57. The third-order valence-electron chi connectivity index (χ3n) is 3.98. The van der Waals surface area contributed by atoms with Crippen LogP contribution in [-0.4, -0.2) is 12.4 Å². The van der Waals surface area contributed by atoms with Gasteiger partial charge in [-0.3, -0.25) is 0 Å². The van der Waals surface area contributed by atoms with Crippen LogP contribution < -0.4 is 10.1 Å². The Morgan fingerprint density at radius 1 is 1.24 bits per heavy atom. The minimum Gasteiger partial charge on any atom is -0.497 e. The maximum absolute atomic E-state index is 5.23. The average Bonchev–Trinajstić information content (AvgIpc) is 2.95. The Balaban J connectivity index is 1.74. The van der Waals surface area contributed by atoms with Gasteiger partial charge in [-0.1, -0.05) is 19.1 Å². The summed E-state index contributed by atoms with van der Waals surface area (Å²) in [4.78, 5) is 0. The van der Waals surface area contributed by atoms with Gasteiger partial charge >= 0.3 is 0 Å². The molecular formula is C17H21NOS2. The lowest BCUT2D eigenvalue weighted by atomic mass is 10.0. The van der Waals surface area contributed by atoms with E-state index in [1.165, 1.54) is 21.8 Å². The predicted octanol–water partition coefficient (Wildman–Crippen LogP) is 5.03. The van der Waals surface area contributed by atoms with E-state index >= 15 is 0 Å². The fraction of sp³-hybridized carbons (Fsp3) is 0.412. The first-order valence-corrected chi connectivity index (χ1v) is 9.07. The van der Waals surface area contributed by atoms with Gasteiger partial charge in [-0.15, -0.1) is 23.1 Å². The van der Waals surface area contributed by atoms with E-state index < -0.39 is 0 Å². The summed E-state index contributed by atoms with van der Waals surface area (Å²) in [5, 5.41) is 6.69. The second-order valence-corrected chi connectivity index (χ2v) is 8.16. The fourth-order valence-corrected chi connectivity index (χ4v) is 5.36. The minimum absolute atomic E-state index is 0.337. The molecule has 21 heavy (non-hydrogen) atoms. The van der Waals surface area contributed by atoms with Crippen LogP contribution >= 0.6 is 23.1 Å². The summed E-state index contributed by atoms with van der Waals surface area (Å²) in [6.45, 7) is 4.56. The van der Waals surface area contributed by atoms with Crippen molar-refractivity contribution < 1.29 is 4.74 Å². The van der Waals surface area contributed by atoms with Crippen molar-refractivity contribution >= 4 is 23.1 Å². The van der Waals surface area contributed by atoms with Crippen molar-refractivity contribution in [2.75, 3.05) is 7.11 Å². The van der Waals surface area contributed by atoms with Gasteiger partial charge in [-0.25, -0.2) is 0 Å². The summed E-state index contributed by atoms with van der Waals surface area (Å²) in [6.07, 6.45) is 1.19. The van der Waals surface area contributed by atoms with Crippen LogP contribution in [0.1, 0.15) is 43.5 Å². The molecule has 3 atom stereocenters. The summed E-state index contributed by atoms with van der Waals surface area (Å²) < 4.78 is 6.71. The number of hydrogen-bond donors (Lipinski definition) is 1. The highest BCUT2D eigenvalue weighted by Gasteiger charge is 2.27. The molecule has 0 amide bonds. The van der Waals surface area contributed by atoms with Crippen molar-refractivity contribution in [1.82, 2.24) is 5.32 Å². The Morgan fingerprint density at radius 2 is 2.00 bits per heavy atom. The molecule has 112 valence electrons. The number of ether oxygens (including phenoxy) is 1. The number of benzene rings is 1. The number of fused-ring (bicyclic) bond motifs is 1. The molecule has 1 aliphatic heterocycles. The number of thiophene rings is 1. The highest BCUT2D eigenvalue weighted by Crippen LogP contribution is 2.44. The lowest BCUT2D eigenvalue weighted by Gasteiger charge is -2.30. The average molecular weight is 319 g/mol. The smallest absolute Gasteiger partial charge is 0.118 e. The molecule has 1 aliphatic rings. The molecule has 3 rings (SSSR count). The quantitative estimate of drug-likeness (QED) is 0.853. The van der Waals surface area contributed by atoms with E-state index in [-0.39, 0.29) is 0 Å². The molecule has 2 heterocycles. The summed E-state index contributed by atoms with van der Waals surface area (Å²) in [5.41, 5.74) is 2.78. The number of nitrogens with one attached hydrogen (secondary N) is 1. The standard InChI is InChI=1S/C17H21NOS2/c1-11-10-16(15-8-9-20-17(15)21-11)18-12(2)13-4-6-14(19-3)7-5-13/h4-9,11-12,16,18H,10H2,1-3H3/t11-,12+,16?/m0/s1. The van der Waals surface area contributed by atoms with E-state index in [9.17, 15) is 0 Å². The van der Waals surface area contributed by atoms with Gasteiger partial charge < -0.3 is 10.1 Å². The molecule has 0 spiro atoms. The summed E-state index contributed by atoms with van der Waals surface area (Å²) in [7, 11) is 1.70. The number of methoxy groups -OCH3 is 1. The van der Waals surface area contributed by atoms with Gasteiger partial charge in [0.25, 0.3) is 0 Å². The lowest BCUT2D eigenvalue weighted by Crippen LogP contribution is -2.28. The zero-order valence-electron chi connectivity index (χ0n) is 12.6. The van der Waals surface area contributed by atoms with Crippen LogP contribution in [0.5, 0.6) is 5.75 Å². The summed E-state index contributed by atoms with van der Waals surface area (Å²) >= 11 is 3.88. The molecule has 0 aliphatic carbocycles. The first-order chi connectivity index (χ1) is 10.2. The van der Waals surface area contributed by atoms with Crippen LogP contribution in [0.15, 0.2) is 39.9 Å². The molecule has 1 aromatic carbocycles. The number of thioether (sulfide) groups is 1.